The van der Waals surface area contributed by atoms with Crippen molar-refractivity contribution in [3.8, 4) is 0 Å². The van der Waals surface area contributed by atoms with Crippen molar-refractivity contribution in [3.05, 3.63) is 30.5 Å². The Bertz CT molecular complexity index is 585. The first-order chi connectivity index (χ1) is 9.29. The average Bonchev–Trinajstić information content (AvgIpc) is 2.47. The number of rotatable bonds is 2. The zero-order chi connectivity index (χ0) is 13.2. The Morgan fingerprint density at radius 1 is 1.42 bits per heavy atom. The van der Waals surface area contributed by atoms with Gasteiger partial charge in [-0.25, -0.2) is 0 Å². The fourth-order valence-electron chi connectivity index (χ4n) is 2.65. The number of nitrogens with zero attached hydrogens (tertiary/aromatic N) is 2. The van der Waals surface area contributed by atoms with Crippen LogP contribution in [0.2, 0.25) is 0 Å². The van der Waals surface area contributed by atoms with Crippen LogP contribution in [0, 0.1) is 0 Å². The number of nitrogens with two attached hydrogens (primary N) is 1. The Balaban J connectivity index is 2.03. The summed E-state index contributed by atoms with van der Waals surface area (Å²) in [7, 11) is 0. The Hall–Kier alpha value is -1.42. The highest BCUT2D eigenvalue weighted by Crippen LogP contribution is 2.32. The third-order valence-electron chi connectivity index (χ3n) is 3.71. The maximum Gasteiger partial charge on any atom is 0.0951 e. The lowest BCUT2D eigenvalue weighted by atomic mass is 10.1. The lowest BCUT2D eigenvalue weighted by Crippen LogP contribution is -2.37. The summed E-state index contributed by atoms with van der Waals surface area (Å²) in [5.74, 6) is 1.20. The third-order valence-corrected chi connectivity index (χ3v) is 5.09. The van der Waals surface area contributed by atoms with Gasteiger partial charge in [0.15, 0.2) is 0 Å². The van der Waals surface area contributed by atoms with Crippen molar-refractivity contribution in [2.45, 2.75) is 18.6 Å². The standard InChI is InChI=1S/C15H19N3S/c1-2-11-10-18(8-9-19-11)14-6-7-17-15-12(14)4-3-5-13(15)16/h3-7,11H,2,8-10,16H2,1H3. The molecule has 0 radical (unpaired) electrons. The van der Waals surface area contributed by atoms with E-state index in [0.717, 1.165) is 29.5 Å². The van der Waals surface area contributed by atoms with Gasteiger partial charge < -0.3 is 10.6 Å². The molecule has 2 heterocycles. The maximum atomic E-state index is 6.02. The number of benzene rings is 1. The van der Waals surface area contributed by atoms with E-state index in [1.165, 1.54) is 23.2 Å². The number of aromatic nitrogens is 1. The van der Waals surface area contributed by atoms with Crippen LogP contribution >= 0.6 is 11.8 Å². The minimum atomic E-state index is 0.734. The largest absolute Gasteiger partial charge is 0.397 e. The zero-order valence-corrected chi connectivity index (χ0v) is 12.0. The number of para-hydroxylation sites is 1. The van der Waals surface area contributed by atoms with E-state index in [0.29, 0.717) is 0 Å². The second-order valence-corrected chi connectivity index (χ2v) is 6.33. The molecule has 1 saturated heterocycles. The average molecular weight is 273 g/mol. The maximum absolute atomic E-state index is 6.02. The monoisotopic (exact) mass is 273 g/mol. The summed E-state index contributed by atoms with van der Waals surface area (Å²) in [5, 5.41) is 1.90. The van der Waals surface area contributed by atoms with Gasteiger partial charge in [0, 0.05) is 41.4 Å². The van der Waals surface area contributed by atoms with Gasteiger partial charge in [0.1, 0.15) is 0 Å². The highest BCUT2D eigenvalue weighted by molar-refractivity contribution is 8.00. The minimum Gasteiger partial charge on any atom is -0.397 e. The number of hydrogen-bond acceptors (Lipinski definition) is 4. The molecular formula is C15H19N3S. The van der Waals surface area contributed by atoms with Crippen molar-refractivity contribution in [1.82, 2.24) is 4.98 Å². The third kappa shape index (κ3) is 2.37. The normalized spacial score (nSPS) is 19.8. The molecule has 2 aromatic rings. The van der Waals surface area contributed by atoms with Crippen LogP contribution in [0.4, 0.5) is 11.4 Å². The summed E-state index contributed by atoms with van der Waals surface area (Å²) in [5.41, 5.74) is 8.98. The number of pyridine rings is 1. The first-order valence-corrected chi connectivity index (χ1v) is 7.84. The molecule has 4 heteroatoms. The Kier molecular flexibility index (Phi) is 3.51. The molecule has 1 aromatic heterocycles. The van der Waals surface area contributed by atoms with Crippen molar-refractivity contribution in [3.63, 3.8) is 0 Å². The quantitative estimate of drug-likeness (QED) is 0.854. The van der Waals surface area contributed by atoms with Crippen molar-refractivity contribution in [2.75, 3.05) is 29.5 Å². The van der Waals surface area contributed by atoms with Crippen LogP contribution in [0.5, 0.6) is 0 Å². The first kappa shape index (κ1) is 12.6. The minimum absolute atomic E-state index is 0.734. The highest BCUT2D eigenvalue weighted by atomic mass is 32.2. The number of thioether (sulfide) groups is 1. The Morgan fingerprint density at radius 2 is 2.32 bits per heavy atom. The van der Waals surface area contributed by atoms with Gasteiger partial charge in [0.05, 0.1) is 11.2 Å². The van der Waals surface area contributed by atoms with E-state index in [-0.39, 0.29) is 0 Å². The molecule has 3 rings (SSSR count). The van der Waals surface area contributed by atoms with E-state index < -0.39 is 0 Å². The van der Waals surface area contributed by atoms with Gasteiger partial charge in [-0.2, -0.15) is 11.8 Å². The van der Waals surface area contributed by atoms with E-state index in [2.05, 4.69) is 40.7 Å². The van der Waals surface area contributed by atoms with Gasteiger partial charge in [-0.1, -0.05) is 19.1 Å². The van der Waals surface area contributed by atoms with Crippen molar-refractivity contribution < 1.29 is 0 Å². The predicted octanol–water partition coefficient (Wildman–Crippen LogP) is 3.15. The SMILES string of the molecule is CCC1CN(c2ccnc3c(N)cccc23)CCS1. The molecule has 0 bridgehead atoms. The van der Waals surface area contributed by atoms with Crippen LogP contribution in [-0.2, 0) is 0 Å². The molecule has 1 aromatic carbocycles. The zero-order valence-electron chi connectivity index (χ0n) is 11.2. The topological polar surface area (TPSA) is 42.2 Å². The van der Waals surface area contributed by atoms with E-state index in [9.17, 15) is 0 Å². The molecular weight excluding hydrogens is 254 g/mol. The van der Waals surface area contributed by atoms with E-state index >= 15 is 0 Å². The van der Waals surface area contributed by atoms with Gasteiger partial charge in [0.25, 0.3) is 0 Å². The number of nitrogen functional groups attached to an aromatic ring is 1. The summed E-state index contributed by atoms with van der Waals surface area (Å²) < 4.78 is 0. The molecule has 0 saturated carbocycles. The predicted molar refractivity (Wildman–Crippen MR) is 84.9 cm³/mol. The van der Waals surface area contributed by atoms with Gasteiger partial charge in [-0.05, 0) is 18.6 Å². The van der Waals surface area contributed by atoms with E-state index in [4.69, 9.17) is 5.73 Å². The molecule has 0 spiro atoms. The van der Waals surface area contributed by atoms with Crippen LogP contribution in [0.3, 0.4) is 0 Å². The summed E-state index contributed by atoms with van der Waals surface area (Å²) in [6.45, 7) is 4.49. The Morgan fingerprint density at radius 3 is 3.16 bits per heavy atom. The van der Waals surface area contributed by atoms with Gasteiger partial charge in [-0.3, -0.25) is 4.98 Å². The van der Waals surface area contributed by atoms with Crippen molar-refractivity contribution in [1.29, 1.82) is 0 Å². The molecule has 100 valence electrons. The first-order valence-electron chi connectivity index (χ1n) is 6.79. The molecule has 19 heavy (non-hydrogen) atoms. The Labute approximate surface area is 118 Å². The fourth-order valence-corrected chi connectivity index (χ4v) is 3.83. The summed E-state index contributed by atoms with van der Waals surface area (Å²) in [4.78, 5) is 6.90. The van der Waals surface area contributed by atoms with E-state index in [1.54, 1.807) is 0 Å². The molecule has 1 aliphatic heterocycles. The second-order valence-electron chi connectivity index (χ2n) is 4.92. The highest BCUT2D eigenvalue weighted by Gasteiger charge is 2.20. The second kappa shape index (κ2) is 5.29. The smallest absolute Gasteiger partial charge is 0.0951 e. The molecule has 0 aliphatic carbocycles. The van der Waals surface area contributed by atoms with Crippen LogP contribution in [0.15, 0.2) is 30.5 Å². The van der Waals surface area contributed by atoms with Gasteiger partial charge in [0.2, 0.25) is 0 Å². The van der Waals surface area contributed by atoms with Crippen molar-refractivity contribution >= 4 is 34.0 Å². The number of fused-ring (bicyclic) bond motifs is 1. The molecule has 0 amide bonds. The molecule has 1 atom stereocenters. The lowest BCUT2D eigenvalue weighted by Gasteiger charge is -2.34. The van der Waals surface area contributed by atoms with Crippen LogP contribution < -0.4 is 10.6 Å². The molecule has 1 aliphatic rings. The summed E-state index contributed by atoms with van der Waals surface area (Å²) in [6.07, 6.45) is 3.10. The van der Waals surface area contributed by atoms with Gasteiger partial charge >= 0.3 is 0 Å². The molecule has 3 nitrogen and oxygen atoms in total. The summed E-state index contributed by atoms with van der Waals surface area (Å²) >= 11 is 2.09. The van der Waals surface area contributed by atoms with Crippen LogP contribution in [0.25, 0.3) is 10.9 Å². The molecule has 1 unspecified atom stereocenters. The van der Waals surface area contributed by atoms with Crippen LogP contribution in [0.1, 0.15) is 13.3 Å². The summed E-state index contributed by atoms with van der Waals surface area (Å²) in [6, 6.07) is 8.17. The molecule has 1 fully saturated rings. The van der Waals surface area contributed by atoms with E-state index in [1.807, 2.05) is 18.3 Å². The van der Waals surface area contributed by atoms with Gasteiger partial charge in [-0.15, -0.1) is 0 Å². The fraction of sp³-hybridized carbons (Fsp3) is 0.400. The number of anilines is 2. The molecule has 2 N–H and O–H groups in total. The van der Waals surface area contributed by atoms with Crippen molar-refractivity contribution in [2.24, 2.45) is 0 Å². The van der Waals surface area contributed by atoms with Crippen LogP contribution in [-0.4, -0.2) is 29.1 Å². The number of hydrogen-bond donors (Lipinski definition) is 1. The lowest BCUT2D eigenvalue weighted by molar-refractivity contribution is 0.730.